The summed E-state index contributed by atoms with van der Waals surface area (Å²) in [5.74, 6) is -0.470. The van der Waals surface area contributed by atoms with E-state index in [-0.39, 0.29) is 6.61 Å². The molecule has 0 unspecified atom stereocenters. The second kappa shape index (κ2) is 9.14. The van der Waals surface area contributed by atoms with Crippen molar-refractivity contribution in [1.82, 2.24) is 4.98 Å². The van der Waals surface area contributed by atoms with Crippen molar-refractivity contribution in [3.8, 4) is 0 Å². The first kappa shape index (κ1) is 19.6. The molecular weight excluding hydrogens is 376 g/mol. The van der Waals surface area contributed by atoms with Crippen LogP contribution in [0.1, 0.15) is 23.1 Å². The first-order valence-corrected chi connectivity index (χ1v) is 9.37. The van der Waals surface area contributed by atoms with Gasteiger partial charge in [-0.2, -0.15) is 0 Å². The van der Waals surface area contributed by atoms with Gasteiger partial charge in [-0.05, 0) is 30.5 Å². The van der Waals surface area contributed by atoms with Gasteiger partial charge in [-0.1, -0.05) is 29.4 Å². The first-order valence-electron chi connectivity index (χ1n) is 8.55. The second-order valence-electron chi connectivity index (χ2n) is 5.83. The Morgan fingerprint density at radius 2 is 1.96 bits per heavy atom. The maximum atomic E-state index is 12.3. The van der Waals surface area contributed by atoms with Gasteiger partial charge in [0.05, 0.1) is 31.1 Å². The lowest BCUT2D eigenvalue weighted by Crippen LogP contribution is -2.05. The Morgan fingerprint density at radius 1 is 1.18 bits per heavy atom. The van der Waals surface area contributed by atoms with E-state index in [1.165, 1.54) is 31.8 Å². The number of carbonyl (C=O) groups is 1. The summed E-state index contributed by atoms with van der Waals surface area (Å²) in [6.45, 7) is 2.03. The largest absolute Gasteiger partial charge is 0.503 e. The van der Waals surface area contributed by atoms with E-state index >= 15 is 0 Å². The molecule has 0 saturated heterocycles. The number of nitrogens with zero attached hydrogens (tertiary/aromatic N) is 2. The average Bonchev–Trinajstić information content (AvgIpc) is 3.10. The summed E-state index contributed by atoms with van der Waals surface area (Å²) in [5.41, 5.74) is 2.61. The Morgan fingerprint density at radius 3 is 2.68 bits per heavy atom. The van der Waals surface area contributed by atoms with Crippen LogP contribution in [0.15, 0.2) is 60.1 Å². The van der Waals surface area contributed by atoms with Gasteiger partial charge in [0, 0.05) is 16.5 Å². The van der Waals surface area contributed by atoms with Crippen LogP contribution in [0.2, 0.25) is 0 Å². The number of rotatable bonds is 7. The quantitative estimate of drug-likeness (QED) is 0.195. The maximum absolute atomic E-state index is 12.3. The van der Waals surface area contributed by atoms with Crippen LogP contribution < -0.4 is 0 Å². The van der Waals surface area contributed by atoms with E-state index in [2.05, 4.69) is 10.1 Å². The van der Waals surface area contributed by atoms with E-state index in [1.54, 1.807) is 6.20 Å². The summed E-state index contributed by atoms with van der Waals surface area (Å²) < 4.78 is 11.0. The molecule has 0 amide bonds. The maximum Gasteiger partial charge on any atom is 0.342 e. The molecule has 0 aliphatic carbocycles. The Labute approximate surface area is 167 Å². The molecule has 0 saturated carbocycles. The Bertz CT molecular complexity index is 1030. The minimum Gasteiger partial charge on any atom is -0.503 e. The molecule has 7 heteroatoms. The summed E-state index contributed by atoms with van der Waals surface area (Å²) in [7, 11) is 2.84. The summed E-state index contributed by atoms with van der Waals surface area (Å²) in [6.07, 6.45) is 3.10. The van der Waals surface area contributed by atoms with E-state index in [0.29, 0.717) is 11.3 Å². The highest BCUT2D eigenvalue weighted by molar-refractivity contribution is 7.20. The fourth-order valence-electron chi connectivity index (χ4n) is 2.70. The molecule has 0 radical (unpaired) electrons. The monoisotopic (exact) mass is 396 g/mol. The minimum atomic E-state index is -0.470. The number of hydrogen-bond donors (Lipinski definition) is 0. The number of ether oxygens (including phenoxy) is 2. The van der Waals surface area contributed by atoms with Crippen molar-refractivity contribution in [3.63, 3.8) is 0 Å². The van der Waals surface area contributed by atoms with E-state index < -0.39 is 5.97 Å². The lowest BCUT2D eigenvalue weighted by molar-refractivity contribution is -0.133. The Kier molecular flexibility index (Phi) is 6.39. The fraction of sp³-hybridized carbons (Fsp3) is 0.190. The van der Waals surface area contributed by atoms with Crippen LogP contribution in [0, 0.1) is 0 Å². The van der Waals surface area contributed by atoms with Crippen molar-refractivity contribution in [2.75, 3.05) is 14.2 Å². The van der Waals surface area contributed by atoms with Gasteiger partial charge in [0.2, 0.25) is 0 Å². The van der Waals surface area contributed by atoms with E-state index in [0.717, 1.165) is 26.2 Å². The van der Waals surface area contributed by atoms with Gasteiger partial charge >= 0.3 is 5.97 Å². The third kappa shape index (κ3) is 4.20. The third-order valence-electron chi connectivity index (χ3n) is 4.03. The van der Waals surface area contributed by atoms with Crippen molar-refractivity contribution < 1.29 is 19.1 Å². The normalized spacial score (nSPS) is 12.1. The van der Waals surface area contributed by atoms with Crippen LogP contribution in [0.25, 0.3) is 15.7 Å². The molecule has 0 aliphatic heterocycles. The number of pyridine rings is 1. The molecule has 2 heterocycles. The van der Waals surface area contributed by atoms with Crippen LogP contribution in [-0.2, 0) is 25.7 Å². The van der Waals surface area contributed by atoms with E-state index in [1.807, 2.05) is 49.4 Å². The number of methoxy groups -OCH3 is 2. The molecule has 6 nitrogen and oxygen atoms in total. The standard InChI is InChI=1S/C21H20N2O4S/c1-14(18-9-6-7-11-22-18)23-27-13-16-15-8-4-5-10-19(15)28-20(16)17(12-25-2)21(24)26-3/h4-12H,13H2,1-3H3. The summed E-state index contributed by atoms with van der Waals surface area (Å²) in [5, 5.41) is 5.18. The molecular formula is C21H20N2O4S. The highest BCUT2D eigenvalue weighted by Crippen LogP contribution is 2.37. The molecule has 144 valence electrons. The van der Waals surface area contributed by atoms with Crippen molar-refractivity contribution in [1.29, 1.82) is 0 Å². The smallest absolute Gasteiger partial charge is 0.342 e. The first-order chi connectivity index (χ1) is 13.7. The Hall–Kier alpha value is -3.19. The lowest BCUT2D eigenvalue weighted by atomic mass is 10.1. The van der Waals surface area contributed by atoms with Crippen LogP contribution in [0.5, 0.6) is 0 Å². The van der Waals surface area contributed by atoms with Crippen LogP contribution >= 0.6 is 11.3 Å². The van der Waals surface area contributed by atoms with Gasteiger partial charge in [-0.3, -0.25) is 4.98 Å². The zero-order valence-corrected chi connectivity index (χ0v) is 16.7. The van der Waals surface area contributed by atoms with Gasteiger partial charge in [0.25, 0.3) is 0 Å². The number of hydrogen-bond acceptors (Lipinski definition) is 7. The third-order valence-corrected chi connectivity index (χ3v) is 5.28. The molecule has 2 aromatic heterocycles. The van der Waals surface area contributed by atoms with Gasteiger partial charge in [-0.25, -0.2) is 4.79 Å². The molecule has 3 aromatic rings. The number of thiophene rings is 1. The fourth-order valence-corrected chi connectivity index (χ4v) is 3.90. The molecule has 3 rings (SSSR count). The van der Waals surface area contributed by atoms with Gasteiger partial charge in [0.15, 0.2) is 0 Å². The SMILES string of the molecule is COC=C(C(=O)OC)c1sc2ccccc2c1CON=C(C)c1ccccn1. The van der Waals surface area contributed by atoms with E-state index in [9.17, 15) is 4.79 Å². The van der Waals surface area contributed by atoms with Crippen LogP contribution in [0.4, 0.5) is 0 Å². The van der Waals surface area contributed by atoms with Crippen LogP contribution in [-0.4, -0.2) is 30.9 Å². The molecule has 0 N–H and O–H groups in total. The molecule has 0 fully saturated rings. The zero-order valence-electron chi connectivity index (χ0n) is 15.8. The summed E-state index contributed by atoms with van der Waals surface area (Å²) in [4.78, 5) is 22.9. The zero-order chi connectivity index (χ0) is 19.9. The van der Waals surface area contributed by atoms with Crippen molar-refractivity contribution >= 4 is 38.7 Å². The minimum absolute atomic E-state index is 0.196. The predicted octanol–water partition coefficient (Wildman–Crippen LogP) is 4.40. The van der Waals surface area contributed by atoms with Crippen molar-refractivity contribution in [2.45, 2.75) is 13.5 Å². The molecule has 28 heavy (non-hydrogen) atoms. The summed E-state index contributed by atoms with van der Waals surface area (Å²) >= 11 is 1.48. The molecule has 0 spiro atoms. The van der Waals surface area contributed by atoms with Crippen molar-refractivity contribution in [2.24, 2.45) is 5.16 Å². The number of carbonyl (C=O) groups excluding carboxylic acids is 1. The number of fused-ring (bicyclic) bond motifs is 1. The van der Waals surface area contributed by atoms with Crippen LogP contribution in [0.3, 0.4) is 0 Å². The number of benzene rings is 1. The number of esters is 1. The van der Waals surface area contributed by atoms with Gasteiger partial charge < -0.3 is 14.3 Å². The molecule has 0 aliphatic rings. The highest BCUT2D eigenvalue weighted by Gasteiger charge is 2.22. The van der Waals surface area contributed by atoms with E-state index in [4.69, 9.17) is 14.3 Å². The highest BCUT2D eigenvalue weighted by atomic mass is 32.1. The van der Waals surface area contributed by atoms with Gasteiger partial charge in [0.1, 0.15) is 17.9 Å². The van der Waals surface area contributed by atoms with Crippen molar-refractivity contribution in [3.05, 3.63) is 71.1 Å². The molecule has 1 aromatic carbocycles. The Balaban J connectivity index is 1.95. The molecule has 0 atom stereocenters. The number of oxime groups is 1. The summed E-state index contributed by atoms with van der Waals surface area (Å²) in [6, 6.07) is 13.5. The van der Waals surface area contributed by atoms with Gasteiger partial charge in [-0.15, -0.1) is 11.3 Å². The molecule has 0 bridgehead atoms. The lowest BCUT2D eigenvalue weighted by Gasteiger charge is -2.07. The second-order valence-corrected chi connectivity index (χ2v) is 6.88. The topological polar surface area (TPSA) is 70.0 Å². The average molecular weight is 396 g/mol. The predicted molar refractivity (Wildman–Crippen MR) is 110 cm³/mol. The number of aromatic nitrogens is 1.